The van der Waals surface area contributed by atoms with Gasteiger partial charge in [0.25, 0.3) is 0 Å². The predicted molar refractivity (Wildman–Crippen MR) is 91.8 cm³/mol. The fourth-order valence-electron chi connectivity index (χ4n) is 2.68. The molecule has 0 aliphatic rings. The number of nitrogens with zero attached hydrogens (tertiary/aromatic N) is 2. The lowest BCUT2D eigenvalue weighted by molar-refractivity contribution is 0.591. The van der Waals surface area contributed by atoms with Crippen LogP contribution in [-0.2, 0) is 0 Å². The second-order valence-electron chi connectivity index (χ2n) is 5.50. The highest BCUT2D eigenvalue weighted by atomic mass is 15.3. The van der Waals surface area contributed by atoms with Gasteiger partial charge in [0.1, 0.15) is 0 Å². The molecule has 3 aromatic rings. The molecule has 0 radical (unpaired) electrons. The summed E-state index contributed by atoms with van der Waals surface area (Å²) in [5, 5.41) is 4.66. The van der Waals surface area contributed by atoms with E-state index in [0.717, 1.165) is 5.69 Å². The zero-order chi connectivity index (χ0) is 15.4. The lowest BCUT2D eigenvalue weighted by Crippen LogP contribution is -2.11. The Kier molecular flexibility index (Phi) is 4.19. The summed E-state index contributed by atoms with van der Waals surface area (Å²) in [5.41, 5.74) is 4.65. The molecule has 3 rings (SSSR count). The summed E-state index contributed by atoms with van der Waals surface area (Å²) in [6, 6.07) is 23.1. The Balaban J connectivity index is 2.00. The average Bonchev–Trinajstić information content (AvgIpc) is 2.88. The van der Waals surface area contributed by atoms with Crippen LogP contribution in [0.5, 0.6) is 0 Å². The lowest BCUT2D eigenvalue weighted by atomic mass is 10.1. The SMILES string of the molecule is Cc1cc(C)n(C(/C=C/c2ccccc2)c2ccccc2)n1. The topological polar surface area (TPSA) is 17.8 Å². The van der Waals surface area contributed by atoms with Crippen molar-refractivity contribution in [2.45, 2.75) is 19.9 Å². The van der Waals surface area contributed by atoms with E-state index in [9.17, 15) is 0 Å². The van der Waals surface area contributed by atoms with Crippen molar-refractivity contribution in [3.8, 4) is 0 Å². The minimum atomic E-state index is 0.107. The van der Waals surface area contributed by atoms with Gasteiger partial charge in [-0.05, 0) is 31.0 Å². The van der Waals surface area contributed by atoms with Gasteiger partial charge in [-0.2, -0.15) is 5.10 Å². The molecule has 0 saturated heterocycles. The molecule has 0 saturated carbocycles. The first kappa shape index (κ1) is 14.3. The van der Waals surface area contributed by atoms with E-state index in [1.54, 1.807) is 0 Å². The van der Waals surface area contributed by atoms with Gasteiger partial charge in [0, 0.05) is 5.69 Å². The summed E-state index contributed by atoms with van der Waals surface area (Å²) in [5.74, 6) is 0. The molecule has 0 amide bonds. The van der Waals surface area contributed by atoms with Crippen LogP contribution in [0.15, 0.2) is 72.8 Å². The van der Waals surface area contributed by atoms with Crippen molar-refractivity contribution in [3.63, 3.8) is 0 Å². The molecule has 0 aliphatic heterocycles. The molecule has 0 spiro atoms. The number of rotatable bonds is 4. The Bertz CT molecular complexity index is 755. The van der Waals surface area contributed by atoms with Gasteiger partial charge in [-0.1, -0.05) is 72.8 Å². The maximum atomic E-state index is 4.66. The number of benzene rings is 2. The zero-order valence-electron chi connectivity index (χ0n) is 13.0. The standard InChI is InChI=1S/C20H20N2/c1-16-15-17(2)22(21-16)20(19-11-7-4-8-12-19)14-13-18-9-5-3-6-10-18/h3-15,20H,1-2H3/b14-13+. The van der Waals surface area contributed by atoms with Crippen molar-refractivity contribution in [1.29, 1.82) is 0 Å². The largest absolute Gasteiger partial charge is 0.258 e. The fourth-order valence-corrected chi connectivity index (χ4v) is 2.68. The highest BCUT2D eigenvalue weighted by Gasteiger charge is 2.13. The third kappa shape index (κ3) is 3.17. The third-order valence-corrected chi connectivity index (χ3v) is 3.72. The highest BCUT2D eigenvalue weighted by molar-refractivity contribution is 5.50. The van der Waals surface area contributed by atoms with E-state index in [1.165, 1.54) is 16.8 Å². The molecule has 22 heavy (non-hydrogen) atoms. The maximum absolute atomic E-state index is 4.66. The van der Waals surface area contributed by atoms with Gasteiger partial charge in [0.15, 0.2) is 0 Å². The maximum Gasteiger partial charge on any atom is 0.0956 e. The van der Waals surface area contributed by atoms with E-state index >= 15 is 0 Å². The summed E-state index contributed by atoms with van der Waals surface area (Å²) < 4.78 is 2.09. The molecule has 0 bridgehead atoms. The van der Waals surface area contributed by atoms with Crippen LogP contribution < -0.4 is 0 Å². The molecule has 0 aliphatic carbocycles. The Morgan fingerprint density at radius 3 is 2.14 bits per heavy atom. The molecule has 2 nitrogen and oxygen atoms in total. The van der Waals surface area contributed by atoms with Crippen LogP contribution in [-0.4, -0.2) is 9.78 Å². The monoisotopic (exact) mass is 288 g/mol. The molecule has 0 N–H and O–H groups in total. The van der Waals surface area contributed by atoms with E-state index in [2.05, 4.69) is 83.5 Å². The third-order valence-electron chi connectivity index (χ3n) is 3.72. The number of aryl methyl sites for hydroxylation is 2. The van der Waals surface area contributed by atoms with Crippen molar-refractivity contribution < 1.29 is 0 Å². The summed E-state index contributed by atoms with van der Waals surface area (Å²) in [4.78, 5) is 0. The quantitative estimate of drug-likeness (QED) is 0.674. The van der Waals surface area contributed by atoms with Crippen molar-refractivity contribution >= 4 is 6.08 Å². The minimum absolute atomic E-state index is 0.107. The number of allylic oxidation sites excluding steroid dienone is 1. The smallest absolute Gasteiger partial charge is 0.0956 e. The van der Waals surface area contributed by atoms with Crippen LogP contribution in [0.25, 0.3) is 6.08 Å². The predicted octanol–water partition coefficient (Wildman–Crippen LogP) is 4.80. The van der Waals surface area contributed by atoms with Gasteiger partial charge in [0.2, 0.25) is 0 Å². The van der Waals surface area contributed by atoms with Gasteiger partial charge < -0.3 is 0 Å². The van der Waals surface area contributed by atoms with Crippen LogP contribution in [0.2, 0.25) is 0 Å². The summed E-state index contributed by atoms with van der Waals surface area (Å²) in [6.45, 7) is 4.14. The molecular formula is C20H20N2. The van der Waals surface area contributed by atoms with Crippen molar-refractivity contribution in [3.05, 3.63) is 95.3 Å². The van der Waals surface area contributed by atoms with E-state index in [1.807, 2.05) is 19.1 Å². The zero-order valence-corrected chi connectivity index (χ0v) is 13.0. The van der Waals surface area contributed by atoms with Crippen LogP contribution in [0, 0.1) is 13.8 Å². The number of aromatic nitrogens is 2. The minimum Gasteiger partial charge on any atom is -0.258 e. The fraction of sp³-hybridized carbons (Fsp3) is 0.150. The Labute approximate surface area is 131 Å². The van der Waals surface area contributed by atoms with Crippen LogP contribution in [0.4, 0.5) is 0 Å². The first-order valence-electron chi connectivity index (χ1n) is 7.55. The molecule has 0 fully saturated rings. The van der Waals surface area contributed by atoms with E-state index < -0.39 is 0 Å². The van der Waals surface area contributed by atoms with E-state index in [4.69, 9.17) is 0 Å². The van der Waals surface area contributed by atoms with Gasteiger partial charge in [0.05, 0.1) is 11.7 Å². The second kappa shape index (κ2) is 6.44. The second-order valence-corrected chi connectivity index (χ2v) is 5.50. The number of hydrogen-bond acceptors (Lipinski definition) is 1. The van der Waals surface area contributed by atoms with Crippen molar-refractivity contribution in [1.82, 2.24) is 9.78 Å². The van der Waals surface area contributed by atoms with E-state index in [0.29, 0.717) is 0 Å². The highest BCUT2D eigenvalue weighted by Crippen LogP contribution is 2.22. The van der Waals surface area contributed by atoms with Crippen LogP contribution in [0.3, 0.4) is 0 Å². The average molecular weight is 288 g/mol. The first-order chi connectivity index (χ1) is 10.7. The molecule has 1 atom stereocenters. The number of hydrogen-bond donors (Lipinski definition) is 0. The van der Waals surface area contributed by atoms with Gasteiger partial charge in [-0.3, -0.25) is 4.68 Å². The Morgan fingerprint density at radius 2 is 1.55 bits per heavy atom. The summed E-state index contributed by atoms with van der Waals surface area (Å²) >= 11 is 0. The Morgan fingerprint density at radius 1 is 0.909 bits per heavy atom. The van der Waals surface area contributed by atoms with Crippen LogP contribution in [0.1, 0.15) is 28.6 Å². The van der Waals surface area contributed by atoms with Gasteiger partial charge >= 0.3 is 0 Å². The summed E-state index contributed by atoms with van der Waals surface area (Å²) in [6.07, 6.45) is 4.37. The van der Waals surface area contributed by atoms with Crippen molar-refractivity contribution in [2.75, 3.05) is 0 Å². The van der Waals surface area contributed by atoms with Crippen molar-refractivity contribution in [2.24, 2.45) is 0 Å². The molecular weight excluding hydrogens is 268 g/mol. The molecule has 1 aromatic heterocycles. The molecule has 2 heteroatoms. The van der Waals surface area contributed by atoms with Gasteiger partial charge in [-0.25, -0.2) is 0 Å². The Hall–Kier alpha value is -2.61. The normalized spacial score (nSPS) is 12.6. The first-order valence-corrected chi connectivity index (χ1v) is 7.55. The van der Waals surface area contributed by atoms with E-state index in [-0.39, 0.29) is 6.04 Å². The molecule has 1 heterocycles. The summed E-state index contributed by atoms with van der Waals surface area (Å²) in [7, 11) is 0. The van der Waals surface area contributed by atoms with Crippen LogP contribution >= 0.6 is 0 Å². The molecule has 2 aromatic carbocycles. The molecule has 110 valence electrons. The molecule has 1 unspecified atom stereocenters. The van der Waals surface area contributed by atoms with Gasteiger partial charge in [-0.15, -0.1) is 0 Å². The lowest BCUT2D eigenvalue weighted by Gasteiger charge is -2.16.